The molecule has 0 radical (unpaired) electrons. The minimum Gasteiger partial charge on any atom is -1.00 e. The van der Waals surface area contributed by atoms with E-state index in [-0.39, 0.29) is 24.0 Å². The van der Waals surface area contributed by atoms with Crippen LogP contribution in [0.25, 0.3) is 29.1 Å². The number of aromatic nitrogens is 1. The Balaban J connectivity index is 0.00000353. The van der Waals surface area contributed by atoms with Crippen molar-refractivity contribution in [2.24, 2.45) is 13.0 Å². The summed E-state index contributed by atoms with van der Waals surface area (Å²) in [4.78, 5) is 7.86. The first-order valence-electron chi connectivity index (χ1n) is 14.8. The molecule has 42 heavy (non-hydrogen) atoms. The number of likely N-dealkylation sites (tertiary alicyclic amines) is 1. The highest BCUT2D eigenvalue weighted by Crippen LogP contribution is 2.46. The zero-order valence-electron chi connectivity index (χ0n) is 24.8. The summed E-state index contributed by atoms with van der Waals surface area (Å²) in [6.45, 7) is 7.12. The molecule has 1 fully saturated rings. The molecular weight excluding hydrogens is 665 g/mol. The van der Waals surface area contributed by atoms with Crippen molar-refractivity contribution >= 4 is 58.3 Å². The van der Waals surface area contributed by atoms with Crippen LogP contribution in [-0.2, 0) is 7.05 Å². The zero-order chi connectivity index (χ0) is 28.2. The number of rotatable bonds is 8. The summed E-state index contributed by atoms with van der Waals surface area (Å²) in [6, 6.07) is 28.8. The van der Waals surface area contributed by atoms with Crippen LogP contribution in [0.2, 0.25) is 0 Å². The van der Waals surface area contributed by atoms with Gasteiger partial charge in [-0.15, -0.1) is 11.8 Å². The first-order chi connectivity index (χ1) is 20.1. The average molecular weight is 706 g/mol. The van der Waals surface area contributed by atoms with Crippen LogP contribution in [-0.4, -0.2) is 37.3 Å². The number of nitrogens with zero attached hydrogens (tertiary/aromatic N) is 3. The molecule has 2 aliphatic rings. The van der Waals surface area contributed by atoms with Gasteiger partial charge in [0.15, 0.2) is 0 Å². The number of fused-ring (bicyclic) bond motifs is 2. The molecule has 218 valence electrons. The van der Waals surface area contributed by atoms with E-state index in [4.69, 9.17) is 0 Å². The molecule has 0 saturated carbocycles. The first-order valence-corrected chi connectivity index (χ1v) is 16.9. The molecule has 0 bridgehead atoms. The van der Waals surface area contributed by atoms with Gasteiger partial charge < -0.3 is 33.8 Å². The van der Waals surface area contributed by atoms with Crippen LogP contribution < -0.4 is 33.4 Å². The van der Waals surface area contributed by atoms with Crippen molar-refractivity contribution < 1.29 is 28.5 Å². The number of benzene rings is 3. The summed E-state index contributed by atoms with van der Waals surface area (Å²) in [6.07, 6.45) is 12.9. The maximum Gasteiger partial charge on any atom is 0.213 e. The van der Waals surface area contributed by atoms with Crippen LogP contribution in [0.4, 0.5) is 5.69 Å². The van der Waals surface area contributed by atoms with E-state index in [1.165, 1.54) is 87.1 Å². The summed E-state index contributed by atoms with van der Waals surface area (Å²) in [7, 11) is 2.17. The Morgan fingerprint density at radius 3 is 2.45 bits per heavy atom. The maximum absolute atomic E-state index is 2.66. The Morgan fingerprint density at radius 2 is 1.67 bits per heavy atom. The van der Waals surface area contributed by atoms with Gasteiger partial charge in [0.05, 0.1) is 16.1 Å². The van der Waals surface area contributed by atoms with Gasteiger partial charge in [0.2, 0.25) is 11.2 Å². The fraction of sp³-hybridized carbons (Fsp3) is 0.306. The number of para-hydroxylation sites is 2. The minimum absolute atomic E-state index is 0. The molecule has 3 nitrogen and oxygen atoms in total. The van der Waals surface area contributed by atoms with Crippen LogP contribution in [0.3, 0.4) is 0 Å². The van der Waals surface area contributed by atoms with E-state index in [0.717, 1.165) is 12.5 Å². The normalized spacial score (nSPS) is 16.8. The van der Waals surface area contributed by atoms with Gasteiger partial charge >= 0.3 is 0 Å². The van der Waals surface area contributed by atoms with Gasteiger partial charge in [-0.1, -0.05) is 55.1 Å². The number of anilines is 1. The highest BCUT2D eigenvalue weighted by atomic mass is 127. The largest absolute Gasteiger partial charge is 1.00 e. The summed E-state index contributed by atoms with van der Waals surface area (Å²) >= 11 is 3.68. The van der Waals surface area contributed by atoms with Gasteiger partial charge in [0, 0.05) is 34.5 Å². The Bertz CT molecular complexity index is 1570. The number of piperidine rings is 1. The number of hydrogen-bond acceptors (Lipinski definition) is 4. The molecule has 6 rings (SSSR count). The molecule has 0 spiro atoms. The third-order valence-corrected chi connectivity index (χ3v) is 10.3. The predicted octanol–water partition coefficient (Wildman–Crippen LogP) is 5.59. The van der Waals surface area contributed by atoms with Crippen molar-refractivity contribution in [3.63, 3.8) is 0 Å². The Hall–Kier alpha value is -2.26. The van der Waals surface area contributed by atoms with E-state index in [9.17, 15) is 0 Å². The summed E-state index contributed by atoms with van der Waals surface area (Å²) < 4.78 is 2.30. The number of aryl methyl sites for hydroxylation is 1. The number of hydrogen-bond donors (Lipinski definition) is 0. The van der Waals surface area contributed by atoms with Crippen molar-refractivity contribution in [1.82, 2.24) is 4.90 Å². The molecule has 1 aromatic heterocycles. The van der Waals surface area contributed by atoms with E-state index in [1.807, 2.05) is 11.8 Å². The third kappa shape index (κ3) is 7.09. The minimum atomic E-state index is 0. The lowest BCUT2D eigenvalue weighted by Crippen LogP contribution is -3.00. The summed E-state index contributed by atoms with van der Waals surface area (Å²) in [5, 5.41) is 2.60. The Morgan fingerprint density at radius 1 is 0.929 bits per heavy atom. The number of halogens is 1. The molecule has 0 amide bonds. The summed E-state index contributed by atoms with van der Waals surface area (Å²) in [5.74, 6) is 0.880. The standard InChI is InChI=1S/C36H40N3S2.HI/c1-27-19-23-38(24-20-27)21-8-22-39-34-11-6-7-12-35(34)41-36(39)26-29-25-30(37(2)33-10-5-4-9-32(29)33)16-13-28-14-17-31(40-3)18-15-28;/h4-7,9-18,25-27H,8,19-24H2,1-3H3;1H/q+1;/p-1/b16-13+;. The van der Waals surface area contributed by atoms with Gasteiger partial charge in [-0.2, -0.15) is 4.57 Å². The van der Waals surface area contributed by atoms with Gasteiger partial charge in [0.25, 0.3) is 0 Å². The van der Waals surface area contributed by atoms with Gasteiger partial charge in [-0.25, -0.2) is 0 Å². The van der Waals surface area contributed by atoms with Crippen LogP contribution in [0, 0.1) is 5.92 Å². The van der Waals surface area contributed by atoms with Gasteiger partial charge in [-0.3, -0.25) is 0 Å². The fourth-order valence-corrected chi connectivity index (χ4v) is 7.47. The quantitative estimate of drug-likeness (QED) is 0.134. The molecule has 0 N–H and O–H groups in total. The molecule has 6 heteroatoms. The van der Waals surface area contributed by atoms with Crippen molar-refractivity contribution in [1.29, 1.82) is 0 Å². The number of thioether (sulfide) groups is 2. The van der Waals surface area contributed by atoms with E-state index < -0.39 is 0 Å². The Labute approximate surface area is 277 Å². The maximum atomic E-state index is 2.66. The van der Waals surface area contributed by atoms with Crippen LogP contribution in [0.5, 0.6) is 0 Å². The zero-order valence-corrected chi connectivity index (χ0v) is 28.6. The second-order valence-corrected chi connectivity index (χ2v) is 13.2. The molecule has 0 atom stereocenters. The first kappa shape index (κ1) is 31.2. The molecule has 2 aliphatic heterocycles. The lowest BCUT2D eigenvalue weighted by atomic mass is 9.99. The highest BCUT2D eigenvalue weighted by Gasteiger charge is 2.26. The van der Waals surface area contributed by atoms with Gasteiger partial charge in [-0.05, 0) is 105 Å². The molecule has 3 heterocycles. The van der Waals surface area contributed by atoms with Crippen molar-refractivity contribution in [2.45, 2.75) is 36.0 Å². The van der Waals surface area contributed by atoms with E-state index in [2.05, 4.69) is 132 Å². The lowest BCUT2D eigenvalue weighted by Gasteiger charge is -2.31. The SMILES string of the molecule is CSc1ccc(/C=C/c2cc(/C=C3\Sc4ccccc4N3CCCN3CCC(C)CC3)c3ccccc3[n+]2C)cc1.[I-]. The highest BCUT2D eigenvalue weighted by molar-refractivity contribution is 8.03. The molecule has 0 unspecified atom stereocenters. The van der Waals surface area contributed by atoms with Gasteiger partial charge in [0.1, 0.15) is 7.05 Å². The van der Waals surface area contributed by atoms with E-state index in [1.54, 1.807) is 11.8 Å². The topological polar surface area (TPSA) is 10.4 Å². The fourth-order valence-electron chi connectivity index (χ4n) is 5.92. The van der Waals surface area contributed by atoms with Crippen LogP contribution in [0.15, 0.2) is 93.7 Å². The summed E-state index contributed by atoms with van der Waals surface area (Å²) in [5.41, 5.74) is 6.26. The molecule has 4 aromatic rings. The van der Waals surface area contributed by atoms with Crippen LogP contribution in [0.1, 0.15) is 43.0 Å². The lowest BCUT2D eigenvalue weighted by molar-refractivity contribution is -0.646. The number of pyridine rings is 1. The van der Waals surface area contributed by atoms with E-state index >= 15 is 0 Å². The van der Waals surface area contributed by atoms with Crippen LogP contribution >= 0.6 is 23.5 Å². The average Bonchev–Trinajstić information content (AvgIpc) is 3.36. The molecular formula is C36H40IN3S2. The smallest absolute Gasteiger partial charge is 0.213 e. The Kier molecular flexibility index (Phi) is 10.7. The molecule has 3 aromatic carbocycles. The predicted molar refractivity (Wildman–Crippen MR) is 179 cm³/mol. The monoisotopic (exact) mass is 705 g/mol. The molecule has 1 saturated heterocycles. The van der Waals surface area contributed by atoms with Crippen molar-refractivity contribution in [2.75, 3.05) is 37.3 Å². The third-order valence-electron chi connectivity index (χ3n) is 8.48. The second kappa shape index (κ2) is 14.5. The second-order valence-electron chi connectivity index (χ2n) is 11.3. The van der Waals surface area contributed by atoms with Crippen molar-refractivity contribution in [3.05, 3.63) is 101 Å². The van der Waals surface area contributed by atoms with E-state index in [0.29, 0.717) is 0 Å². The molecule has 0 aliphatic carbocycles. The van der Waals surface area contributed by atoms with Crippen molar-refractivity contribution in [3.8, 4) is 0 Å².